The number of imidazole rings is 1. The van der Waals surface area contributed by atoms with Crippen LogP contribution < -0.4 is 10.9 Å². The fourth-order valence-corrected chi connectivity index (χ4v) is 3.68. The summed E-state index contributed by atoms with van der Waals surface area (Å²) in [6, 6.07) is 3.75. The van der Waals surface area contributed by atoms with Crippen LogP contribution in [0, 0.1) is 6.92 Å². The summed E-state index contributed by atoms with van der Waals surface area (Å²) in [7, 11) is 0. The highest BCUT2D eigenvalue weighted by Crippen LogP contribution is 2.35. The van der Waals surface area contributed by atoms with E-state index in [9.17, 15) is 9.59 Å². The molecule has 2 N–H and O–H groups in total. The van der Waals surface area contributed by atoms with Crippen molar-refractivity contribution in [1.82, 2.24) is 15.3 Å². The maximum Gasteiger partial charge on any atom is 0.340 e. The number of nitrogens with one attached hydrogen (secondary N) is 2. The van der Waals surface area contributed by atoms with Gasteiger partial charge in [0.25, 0.3) is 0 Å². The van der Waals surface area contributed by atoms with Gasteiger partial charge in [0.15, 0.2) is 0 Å². The molecular weight excluding hydrogens is 382 g/mol. The Morgan fingerprint density at radius 3 is 2.70 bits per heavy atom. The van der Waals surface area contributed by atoms with Crippen molar-refractivity contribution in [1.29, 1.82) is 0 Å². The topological polar surface area (TPSA) is 101 Å². The van der Waals surface area contributed by atoms with Crippen molar-refractivity contribution < 1.29 is 13.6 Å². The number of benzene rings is 1. The minimum atomic E-state index is -0.495. The van der Waals surface area contributed by atoms with Gasteiger partial charge in [0.1, 0.15) is 11.2 Å². The van der Waals surface area contributed by atoms with Gasteiger partial charge in [-0.25, -0.2) is 9.78 Å². The van der Waals surface area contributed by atoms with Gasteiger partial charge in [0, 0.05) is 47.3 Å². The molecule has 7 heteroatoms. The first-order valence-corrected chi connectivity index (χ1v) is 9.96. The summed E-state index contributed by atoms with van der Waals surface area (Å²) in [5.74, 6) is -0.218. The van der Waals surface area contributed by atoms with Gasteiger partial charge >= 0.3 is 5.63 Å². The van der Waals surface area contributed by atoms with E-state index in [0.29, 0.717) is 29.7 Å². The average molecular weight is 407 g/mol. The molecule has 0 saturated carbocycles. The molecule has 1 aromatic carbocycles. The van der Waals surface area contributed by atoms with Gasteiger partial charge in [0.2, 0.25) is 5.91 Å². The molecule has 156 valence electrons. The zero-order chi connectivity index (χ0) is 21.5. The van der Waals surface area contributed by atoms with Gasteiger partial charge in [-0.15, -0.1) is 0 Å². The van der Waals surface area contributed by atoms with E-state index in [0.717, 1.165) is 27.6 Å². The second-order valence-corrected chi connectivity index (χ2v) is 8.59. The molecule has 30 heavy (non-hydrogen) atoms. The Morgan fingerprint density at radius 2 is 2.00 bits per heavy atom. The van der Waals surface area contributed by atoms with Crippen LogP contribution >= 0.6 is 0 Å². The van der Waals surface area contributed by atoms with Gasteiger partial charge in [-0.2, -0.15) is 0 Å². The number of furan rings is 1. The Hall–Kier alpha value is -3.35. The highest BCUT2D eigenvalue weighted by Gasteiger charge is 2.22. The molecule has 0 radical (unpaired) electrons. The molecule has 0 bridgehead atoms. The van der Waals surface area contributed by atoms with Crippen LogP contribution in [0.4, 0.5) is 0 Å². The van der Waals surface area contributed by atoms with Gasteiger partial charge in [0.05, 0.1) is 24.6 Å². The SMILES string of the molecule is Cc1c(CC(=O)NCCc2cnc[nH]2)c(=O)oc2cc3occ(C(C)(C)C)c3cc12. The number of H-pyrrole nitrogens is 1. The molecule has 0 fully saturated rings. The minimum absolute atomic E-state index is 0.0252. The van der Waals surface area contributed by atoms with E-state index in [4.69, 9.17) is 8.83 Å². The van der Waals surface area contributed by atoms with Gasteiger partial charge in [-0.05, 0) is 24.0 Å². The highest BCUT2D eigenvalue weighted by molar-refractivity contribution is 5.97. The third-order valence-electron chi connectivity index (χ3n) is 5.40. The molecule has 0 aliphatic rings. The van der Waals surface area contributed by atoms with Crippen LogP contribution in [-0.4, -0.2) is 22.4 Å². The average Bonchev–Trinajstić information content (AvgIpc) is 3.33. The van der Waals surface area contributed by atoms with Crippen LogP contribution in [0.5, 0.6) is 0 Å². The molecule has 0 atom stereocenters. The molecule has 0 unspecified atom stereocenters. The standard InChI is InChI=1S/C23H25N3O4/c1-13-15-7-17-18(23(2,3)4)11-29-19(17)9-20(15)30-22(28)16(13)8-21(27)25-6-5-14-10-24-12-26-14/h7,9-12H,5-6,8H2,1-4H3,(H,24,26)(H,25,27). The molecule has 0 saturated heterocycles. The predicted octanol–water partition coefficient (Wildman–Crippen LogP) is 3.77. The number of nitrogens with zero attached hydrogens (tertiary/aromatic N) is 1. The number of aryl methyl sites for hydroxylation is 1. The maximum atomic E-state index is 12.6. The van der Waals surface area contributed by atoms with E-state index in [1.807, 2.05) is 13.0 Å². The Labute approximate surface area is 173 Å². The normalized spacial score (nSPS) is 12.0. The van der Waals surface area contributed by atoms with Gasteiger partial charge < -0.3 is 19.1 Å². The number of rotatable bonds is 5. The summed E-state index contributed by atoms with van der Waals surface area (Å²) in [4.78, 5) is 31.9. The van der Waals surface area contributed by atoms with Crippen molar-refractivity contribution in [3.8, 4) is 0 Å². The first-order chi connectivity index (χ1) is 14.2. The lowest BCUT2D eigenvalue weighted by atomic mass is 9.86. The smallest absolute Gasteiger partial charge is 0.340 e. The zero-order valence-electron chi connectivity index (χ0n) is 17.6. The summed E-state index contributed by atoms with van der Waals surface area (Å²) >= 11 is 0. The van der Waals surface area contributed by atoms with Crippen molar-refractivity contribution in [2.45, 2.75) is 46.0 Å². The van der Waals surface area contributed by atoms with Crippen molar-refractivity contribution in [2.24, 2.45) is 0 Å². The second-order valence-electron chi connectivity index (χ2n) is 8.59. The van der Waals surface area contributed by atoms with E-state index in [1.54, 1.807) is 24.9 Å². The number of carbonyl (C=O) groups excluding carboxylic acids is 1. The largest absolute Gasteiger partial charge is 0.464 e. The number of amides is 1. The zero-order valence-corrected chi connectivity index (χ0v) is 17.6. The quantitative estimate of drug-likeness (QED) is 0.491. The Kier molecular flexibility index (Phi) is 4.97. The van der Waals surface area contributed by atoms with Crippen molar-refractivity contribution in [3.63, 3.8) is 0 Å². The van der Waals surface area contributed by atoms with E-state index < -0.39 is 5.63 Å². The van der Waals surface area contributed by atoms with Crippen LogP contribution in [0.25, 0.3) is 21.9 Å². The molecule has 7 nitrogen and oxygen atoms in total. The highest BCUT2D eigenvalue weighted by atomic mass is 16.4. The molecule has 3 aromatic heterocycles. The maximum absolute atomic E-state index is 12.6. The Morgan fingerprint density at radius 1 is 1.20 bits per heavy atom. The first-order valence-electron chi connectivity index (χ1n) is 9.96. The number of hydrogen-bond acceptors (Lipinski definition) is 5. The third-order valence-corrected chi connectivity index (χ3v) is 5.40. The van der Waals surface area contributed by atoms with E-state index in [2.05, 4.69) is 36.1 Å². The summed E-state index contributed by atoms with van der Waals surface area (Å²) < 4.78 is 11.2. The molecule has 1 amide bonds. The lowest BCUT2D eigenvalue weighted by Gasteiger charge is -2.16. The number of aromatic nitrogens is 2. The second kappa shape index (κ2) is 7.48. The Balaban J connectivity index is 1.63. The fraction of sp³-hybridized carbons (Fsp3) is 0.348. The van der Waals surface area contributed by atoms with Crippen molar-refractivity contribution in [3.05, 3.63) is 63.7 Å². The van der Waals surface area contributed by atoms with Gasteiger partial charge in [-0.3, -0.25) is 4.79 Å². The molecular formula is C23H25N3O4. The fourth-order valence-electron chi connectivity index (χ4n) is 3.68. The van der Waals surface area contributed by atoms with E-state index in [-0.39, 0.29) is 17.7 Å². The summed E-state index contributed by atoms with van der Waals surface area (Å²) in [5.41, 5.74) is 3.72. The first kappa shape index (κ1) is 19.9. The molecule has 3 heterocycles. The Bertz CT molecular complexity index is 1270. The molecule has 0 spiro atoms. The van der Waals surface area contributed by atoms with E-state index in [1.165, 1.54) is 0 Å². The minimum Gasteiger partial charge on any atom is -0.464 e. The molecule has 0 aliphatic carbocycles. The van der Waals surface area contributed by atoms with Crippen LogP contribution in [0.1, 0.15) is 43.2 Å². The van der Waals surface area contributed by atoms with E-state index >= 15 is 0 Å². The monoisotopic (exact) mass is 407 g/mol. The number of fused-ring (bicyclic) bond motifs is 2. The lowest BCUT2D eigenvalue weighted by molar-refractivity contribution is -0.120. The predicted molar refractivity (Wildman–Crippen MR) is 115 cm³/mol. The number of hydrogen-bond donors (Lipinski definition) is 2. The third kappa shape index (κ3) is 3.75. The van der Waals surface area contributed by atoms with Crippen LogP contribution in [0.3, 0.4) is 0 Å². The molecule has 0 aliphatic heterocycles. The molecule has 4 rings (SSSR count). The van der Waals surface area contributed by atoms with Crippen LogP contribution in [-0.2, 0) is 23.1 Å². The number of carbonyl (C=O) groups is 1. The summed E-state index contributed by atoms with van der Waals surface area (Å²) in [6.45, 7) is 8.69. The van der Waals surface area contributed by atoms with Crippen LogP contribution in [0.2, 0.25) is 0 Å². The van der Waals surface area contributed by atoms with Crippen molar-refractivity contribution >= 4 is 27.8 Å². The summed E-state index contributed by atoms with van der Waals surface area (Å²) in [5, 5.41) is 4.65. The van der Waals surface area contributed by atoms with Gasteiger partial charge in [-0.1, -0.05) is 20.8 Å². The molecule has 4 aromatic rings. The van der Waals surface area contributed by atoms with Crippen LogP contribution in [0.15, 0.2) is 44.5 Å². The summed E-state index contributed by atoms with van der Waals surface area (Å²) in [6.07, 6.45) is 5.69. The number of aromatic amines is 1. The van der Waals surface area contributed by atoms with Crippen molar-refractivity contribution in [2.75, 3.05) is 6.54 Å². The lowest BCUT2D eigenvalue weighted by Crippen LogP contribution is -2.29.